The standard InChI is InChI=1S/C8H5F6NO/c9-7(10,11)3-1-2-4(16)6(15)5(3)8(12,13)14/h1-2,16H,15H2. The molecule has 0 saturated heterocycles. The molecule has 1 rings (SSSR count). The maximum absolute atomic E-state index is 12.3. The number of phenols is 1. The Kier molecular flexibility index (Phi) is 2.70. The molecule has 8 heteroatoms. The first-order valence-corrected chi connectivity index (χ1v) is 3.81. The van der Waals surface area contributed by atoms with Gasteiger partial charge in [-0.2, -0.15) is 26.3 Å². The third-order valence-corrected chi connectivity index (χ3v) is 1.81. The summed E-state index contributed by atoms with van der Waals surface area (Å²) in [7, 11) is 0. The Morgan fingerprint density at radius 2 is 1.44 bits per heavy atom. The highest BCUT2D eigenvalue weighted by Crippen LogP contribution is 2.45. The van der Waals surface area contributed by atoms with Crippen molar-refractivity contribution < 1.29 is 31.4 Å². The van der Waals surface area contributed by atoms with Crippen LogP contribution < -0.4 is 5.73 Å². The van der Waals surface area contributed by atoms with Crippen molar-refractivity contribution >= 4 is 5.69 Å². The molecule has 0 atom stereocenters. The van der Waals surface area contributed by atoms with E-state index in [0.717, 1.165) is 0 Å². The largest absolute Gasteiger partial charge is 0.506 e. The van der Waals surface area contributed by atoms with Gasteiger partial charge < -0.3 is 10.8 Å². The highest BCUT2D eigenvalue weighted by Gasteiger charge is 2.45. The van der Waals surface area contributed by atoms with E-state index in [-0.39, 0.29) is 6.07 Å². The van der Waals surface area contributed by atoms with E-state index in [1.807, 2.05) is 0 Å². The molecule has 0 aromatic heterocycles. The van der Waals surface area contributed by atoms with Gasteiger partial charge in [0, 0.05) is 0 Å². The van der Waals surface area contributed by atoms with Gasteiger partial charge in [-0.25, -0.2) is 0 Å². The van der Waals surface area contributed by atoms with Crippen LogP contribution in [0.5, 0.6) is 5.75 Å². The van der Waals surface area contributed by atoms with Crippen LogP contribution in [0.25, 0.3) is 0 Å². The third-order valence-electron chi connectivity index (χ3n) is 1.81. The quantitative estimate of drug-likeness (QED) is 0.419. The highest BCUT2D eigenvalue weighted by atomic mass is 19.4. The Labute approximate surface area is 85.3 Å². The first-order chi connectivity index (χ1) is 7.05. The lowest BCUT2D eigenvalue weighted by Gasteiger charge is -2.17. The molecular formula is C8H5F6NO. The summed E-state index contributed by atoms with van der Waals surface area (Å²) < 4.78 is 73.7. The summed E-state index contributed by atoms with van der Waals surface area (Å²) in [5, 5.41) is 8.86. The Bertz CT molecular complexity index is 408. The molecule has 0 bridgehead atoms. The fourth-order valence-corrected chi connectivity index (χ4v) is 1.15. The Hall–Kier alpha value is -1.60. The predicted molar refractivity (Wildman–Crippen MR) is 42.5 cm³/mol. The minimum absolute atomic E-state index is 0.133. The zero-order valence-corrected chi connectivity index (χ0v) is 7.45. The van der Waals surface area contributed by atoms with Crippen LogP contribution in [-0.2, 0) is 12.4 Å². The second-order valence-corrected chi connectivity index (χ2v) is 2.92. The molecule has 0 saturated carbocycles. The molecule has 0 fully saturated rings. The van der Waals surface area contributed by atoms with Crippen molar-refractivity contribution in [2.75, 3.05) is 5.73 Å². The number of rotatable bonds is 0. The molecule has 90 valence electrons. The van der Waals surface area contributed by atoms with E-state index in [2.05, 4.69) is 0 Å². The molecule has 1 aromatic carbocycles. The van der Waals surface area contributed by atoms with Gasteiger partial charge in [0.05, 0.1) is 16.8 Å². The summed E-state index contributed by atoms with van der Waals surface area (Å²) in [5.74, 6) is -1.04. The van der Waals surface area contributed by atoms with Crippen LogP contribution in [0.3, 0.4) is 0 Å². The average molecular weight is 245 g/mol. The number of phenolic OH excluding ortho intramolecular Hbond substituents is 1. The second-order valence-electron chi connectivity index (χ2n) is 2.92. The molecule has 0 aliphatic heterocycles. The van der Waals surface area contributed by atoms with Crippen LogP contribution in [0.15, 0.2) is 12.1 Å². The Balaban J connectivity index is 3.59. The van der Waals surface area contributed by atoms with Crippen molar-refractivity contribution in [3.05, 3.63) is 23.3 Å². The summed E-state index contributed by atoms with van der Waals surface area (Å²) in [6.07, 6.45) is -10.5. The summed E-state index contributed by atoms with van der Waals surface area (Å²) >= 11 is 0. The zero-order chi connectivity index (χ0) is 12.7. The maximum atomic E-state index is 12.3. The summed E-state index contributed by atoms with van der Waals surface area (Å²) in [6.45, 7) is 0. The van der Waals surface area contributed by atoms with Crippen molar-refractivity contribution in [3.8, 4) is 5.75 Å². The number of anilines is 1. The van der Waals surface area contributed by atoms with E-state index < -0.39 is 34.9 Å². The third kappa shape index (κ3) is 2.15. The van der Waals surface area contributed by atoms with Gasteiger partial charge in [-0.15, -0.1) is 0 Å². The van der Waals surface area contributed by atoms with Gasteiger partial charge in [-0.05, 0) is 12.1 Å². The van der Waals surface area contributed by atoms with Gasteiger partial charge in [-0.1, -0.05) is 0 Å². The molecule has 3 N–H and O–H groups in total. The molecule has 0 aliphatic carbocycles. The molecule has 0 heterocycles. The smallest absolute Gasteiger partial charge is 0.419 e. The van der Waals surface area contributed by atoms with Gasteiger partial charge in [0.2, 0.25) is 0 Å². The SMILES string of the molecule is Nc1c(O)ccc(C(F)(F)F)c1C(F)(F)F. The van der Waals surface area contributed by atoms with E-state index in [4.69, 9.17) is 10.8 Å². The number of hydrogen-bond donors (Lipinski definition) is 2. The van der Waals surface area contributed by atoms with Crippen molar-refractivity contribution in [2.24, 2.45) is 0 Å². The summed E-state index contributed by atoms with van der Waals surface area (Å²) in [6, 6.07) is 0.599. The molecule has 1 aromatic rings. The van der Waals surface area contributed by atoms with Crippen LogP contribution >= 0.6 is 0 Å². The topological polar surface area (TPSA) is 46.2 Å². The number of nitrogen functional groups attached to an aromatic ring is 1. The van der Waals surface area contributed by atoms with E-state index in [0.29, 0.717) is 6.07 Å². The van der Waals surface area contributed by atoms with Gasteiger partial charge in [0.15, 0.2) is 0 Å². The number of hydrogen-bond acceptors (Lipinski definition) is 2. The Morgan fingerprint density at radius 3 is 1.81 bits per heavy atom. The number of halogens is 6. The zero-order valence-electron chi connectivity index (χ0n) is 7.45. The number of nitrogens with two attached hydrogens (primary N) is 1. The molecule has 0 aliphatic rings. The van der Waals surface area contributed by atoms with Crippen molar-refractivity contribution in [3.63, 3.8) is 0 Å². The van der Waals surface area contributed by atoms with E-state index in [1.54, 1.807) is 0 Å². The van der Waals surface area contributed by atoms with Crippen LogP contribution in [0.4, 0.5) is 32.0 Å². The first-order valence-electron chi connectivity index (χ1n) is 3.81. The van der Waals surface area contributed by atoms with Crippen LogP contribution in [-0.4, -0.2) is 5.11 Å². The maximum Gasteiger partial charge on any atom is 0.419 e. The lowest BCUT2D eigenvalue weighted by atomic mass is 10.0. The van der Waals surface area contributed by atoms with Crippen molar-refractivity contribution in [1.82, 2.24) is 0 Å². The summed E-state index contributed by atoms with van der Waals surface area (Å²) in [5.41, 5.74) is -0.525. The molecule has 0 radical (unpaired) electrons. The molecular weight excluding hydrogens is 240 g/mol. The minimum atomic E-state index is -5.28. The molecule has 0 unspecified atom stereocenters. The Morgan fingerprint density at radius 1 is 0.938 bits per heavy atom. The summed E-state index contributed by atoms with van der Waals surface area (Å²) in [4.78, 5) is 0. The number of benzene rings is 1. The molecule has 0 amide bonds. The van der Waals surface area contributed by atoms with Crippen LogP contribution in [0, 0.1) is 0 Å². The normalized spacial score (nSPS) is 12.9. The van der Waals surface area contributed by atoms with Crippen LogP contribution in [0.2, 0.25) is 0 Å². The highest BCUT2D eigenvalue weighted by molar-refractivity contribution is 5.62. The van der Waals surface area contributed by atoms with Gasteiger partial charge in [0.25, 0.3) is 0 Å². The lowest BCUT2D eigenvalue weighted by molar-refractivity contribution is -0.161. The monoisotopic (exact) mass is 245 g/mol. The van der Waals surface area contributed by atoms with E-state index in [9.17, 15) is 26.3 Å². The first kappa shape index (κ1) is 12.5. The minimum Gasteiger partial charge on any atom is -0.506 e. The molecule has 0 spiro atoms. The fraction of sp³-hybridized carbons (Fsp3) is 0.250. The van der Waals surface area contributed by atoms with Gasteiger partial charge in [0.1, 0.15) is 5.75 Å². The molecule has 16 heavy (non-hydrogen) atoms. The van der Waals surface area contributed by atoms with Gasteiger partial charge >= 0.3 is 12.4 Å². The van der Waals surface area contributed by atoms with E-state index >= 15 is 0 Å². The number of alkyl halides is 6. The lowest BCUT2D eigenvalue weighted by Crippen LogP contribution is -2.18. The van der Waals surface area contributed by atoms with Crippen molar-refractivity contribution in [2.45, 2.75) is 12.4 Å². The van der Waals surface area contributed by atoms with Crippen LogP contribution in [0.1, 0.15) is 11.1 Å². The second kappa shape index (κ2) is 3.46. The van der Waals surface area contributed by atoms with Gasteiger partial charge in [-0.3, -0.25) is 0 Å². The average Bonchev–Trinajstić information content (AvgIpc) is 2.05. The number of aromatic hydroxyl groups is 1. The molecule has 2 nitrogen and oxygen atoms in total. The predicted octanol–water partition coefficient (Wildman–Crippen LogP) is 3.01. The van der Waals surface area contributed by atoms with E-state index in [1.165, 1.54) is 0 Å². The van der Waals surface area contributed by atoms with Crippen molar-refractivity contribution in [1.29, 1.82) is 0 Å². The fourth-order valence-electron chi connectivity index (χ4n) is 1.15.